The number of nitrogens with one attached hydrogen (secondary N) is 3. The van der Waals surface area contributed by atoms with Gasteiger partial charge in [0.25, 0.3) is 20.0 Å². The number of methoxy groups -OCH3 is 3. The Balaban J connectivity index is 0.000000277. The van der Waals surface area contributed by atoms with Gasteiger partial charge >= 0.3 is 36.0 Å². The normalized spacial score (nSPS) is 10.9. The fourth-order valence-electron chi connectivity index (χ4n) is 3.57. The number of amides is 4. The summed E-state index contributed by atoms with van der Waals surface area (Å²) < 4.78 is 67.1. The molecule has 0 aliphatic carbocycles. The molecule has 4 rings (SSSR count). The highest BCUT2D eigenvalue weighted by Crippen LogP contribution is 2.22. The second-order valence-corrected chi connectivity index (χ2v) is 13.5. The second kappa shape index (κ2) is 16.5. The summed E-state index contributed by atoms with van der Waals surface area (Å²) in [4.78, 5) is 69.6. The molecule has 3 heterocycles. The van der Waals surface area contributed by atoms with Crippen molar-refractivity contribution in [2.24, 2.45) is 0 Å². The number of thiophene rings is 1. The number of hydrogen-bond acceptors (Lipinski definition) is 18. The topological polar surface area (TPSA) is 301 Å². The van der Waals surface area contributed by atoms with E-state index in [1.807, 2.05) is 4.72 Å². The number of ether oxygens (including phenoxy) is 3. The summed E-state index contributed by atoms with van der Waals surface area (Å²) in [7, 11) is -3.70. The minimum Gasteiger partial charge on any atom is -0.477 e. The van der Waals surface area contributed by atoms with E-state index in [9.17, 15) is 36.0 Å². The second-order valence-electron chi connectivity index (χ2n) is 9.30. The van der Waals surface area contributed by atoms with Crippen molar-refractivity contribution in [3.05, 3.63) is 57.8 Å². The van der Waals surface area contributed by atoms with Gasteiger partial charge in [0, 0.05) is 7.05 Å². The Bertz CT molecular complexity index is 2180. The molecule has 4 amide bonds. The number of carbonyl (C=O) groups is 4. The average molecular weight is 769 g/mol. The molecule has 272 valence electrons. The molecule has 4 aromatic rings. The van der Waals surface area contributed by atoms with Crippen molar-refractivity contribution in [1.82, 2.24) is 39.3 Å². The SMILES string of the molecule is COC(=O)c1ccccc1S(=O)(=O)NC(=O)N(C)c1nc(C)nc(OC)n1.COc1nc(C)nc(NC(=O)NS(=O)(=O)c2ccsc2C(=O)O)n1. The maximum absolute atomic E-state index is 12.6. The van der Waals surface area contributed by atoms with Gasteiger partial charge < -0.3 is 19.3 Å². The van der Waals surface area contributed by atoms with Crippen LogP contribution in [-0.4, -0.2) is 104 Å². The molecule has 0 spiro atoms. The number of sulfonamides is 2. The first-order chi connectivity index (χ1) is 23.9. The van der Waals surface area contributed by atoms with Gasteiger partial charge in [0.1, 0.15) is 26.3 Å². The van der Waals surface area contributed by atoms with Crippen molar-refractivity contribution in [3.63, 3.8) is 0 Å². The van der Waals surface area contributed by atoms with Gasteiger partial charge in [0.05, 0.1) is 26.9 Å². The number of nitrogens with zero attached hydrogens (tertiary/aromatic N) is 7. The number of benzene rings is 1. The number of hydrogen-bond donors (Lipinski definition) is 4. The molecule has 25 heteroatoms. The van der Waals surface area contributed by atoms with Crippen LogP contribution in [-0.2, 0) is 24.8 Å². The summed E-state index contributed by atoms with van der Waals surface area (Å²) in [5, 5.41) is 12.3. The van der Waals surface area contributed by atoms with E-state index in [-0.39, 0.29) is 41.1 Å². The van der Waals surface area contributed by atoms with Gasteiger partial charge in [-0.3, -0.25) is 10.2 Å². The first-order valence-electron chi connectivity index (χ1n) is 13.6. The first kappa shape index (κ1) is 39.4. The Morgan fingerprint density at radius 2 is 1.37 bits per heavy atom. The van der Waals surface area contributed by atoms with E-state index in [0.29, 0.717) is 0 Å². The fourth-order valence-corrected chi connectivity index (χ4v) is 6.91. The monoisotopic (exact) mass is 768 g/mol. The molecule has 51 heavy (non-hydrogen) atoms. The van der Waals surface area contributed by atoms with Crippen LogP contribution in [0.4, 0.5) is 21.5 Å². The molecular formula is C26H28N10O12S3. The highest BCUT2D eigenvalue weighted by Gasteiger charge is 2.28. The Morgan fingerprint density at radius 3 is 1.98 bits per heavy atom. The van der Waals surface area contributed by atoms with Crippen molar-refractivity contribution >= 4 is 67.3 Å². The maximum atomic E-state index is 12.6. The van der Waals surface area contributed by atoms with E-state index in [1.165, 1.54) is 57.8 Å². The molecule has 22 nitrogen and oxygen atoms in total. The standard InChI is InChI=1S/C15H17N5O6S.C11H11N5O6S2/c1-9-16-13(18-14(17-9)26-4)20(2)15(22)19-27(23,24)11-8-6-5-7-10(11)12(21)25-3;1-5-12-9(15-11(13-5)22-2)14-10(19)16-24(20,21)6-3-4-23-7(6)8(17)18/h5-8H,1-4H3,(H,19,22);3-4H,1-2H3,(H,17,18)(H2,12,13,14,15,16,19). The third-order valence-electron chi connectivity index (χ3n) is 5.78. The minimum atomic E-state index is -4.37. The maximum Gasteiger partial charge on any atom is 0.347 e. The zero-order chi connectivity index (χ0) is 38.1. The predicted molar refractivity (Wildman–Crippen MR) is 175 cm³/mol. The van der Waals surface area contributed by atoms with Gasteiger partial charge in [-0.15, -0.1) is 11.3 Å². The third kappa shape index (κ3) is 10.2. The van der Waals surface area contributed by atoms with E-state index in [4.69, 9.17) is 14.6 Å². The zero-order valence-corrected chi connectivity index (χ0v) is 29.7. The summed E-state index contributed by atoms with van der Waals surface area (Å²) >= 11 is 0.723. The van der Waals surface area contributed by atoms with Crippen LogP contribution in [0.2, 0.25) is 0 Å². The van der Waals surface area contributed by atoms with Gasteiger partial charge in [-0.05, 0) is 37.4 Å². The number of rotatable bonds is 10. The van der Waals surface area contributed by atoms with Crippen LogP contribution in [0.5, 0.6) is 12.0 Å². The van der Waals surface area contributed by atoms with E-state index in [0.717, 1.165) is 29.4 Å². The lowest BCUT2D eigenvalue weighted by Gasteiger charge is -2.17. The molecular weight excluding hydrogens is 741 g/mol. The zero-order valence-electron chi connectivity index (χ0n) is 27.3. The molecule has 0 fully saturated rings. The number of aromatic carboxylic acids is 1. The van der Waals surface area contributed by atoms with E-state index in [1.54, 1.807) is 11.6 Å². The third-order valence-corrected chi connectivity index (χ3v) is 9.56. The first-order valence-corrected chi connectivity index (χ1v) is 17.4. The molecule has 0 atom stereocenters. The molecule has 0 bridgehead atoms. The molecule has 0 aliphatic rings. The molecule has 4 N–H and O–H groups in total. The lowest BCUT2D eigenvalue weighted by atomic mass is 10.2. The molecule has 0 radical (unpaired) electrons. The van der Waals surface area contributed by atoms with Crippen LogP contribution in [0.1, 0.15) is 31.7 Å². The number of urea groups is 2. The van der Waals surface area contributed by atoms with Crippen LogP contribution < -0.4 is 29.1 Å². The number of esters is 1. The summed E-state index contributed by atoms with van der Waals surface area (Å²) in [5.41, 5.74) is -0.208. The fraction of sp³-hybridized carbons (Fsp3) is 0.231. The Hall–Kier alpha value is -6.08. The summed E-state index contributed by atoms with van der Waals surface area (Å²) in [6, 6.07) is 4.12. The number of aromatic nitrogens is 6. The quantitative estimate of drug-likeness (QED) is 0.163. The number of anilines is 2. The highest BCUT2D eigenvalue weighted by molar-refractivity contribution is 7.90. The van der Waals surface area contributed by atoms with Crippen LogP contribution >= 0.6 is 11.3 Å². The van der Waals surface area contributed by atoms with Crippen molar-refractivity contribution < 1.29 is 55.3 Å². The lowest BCUT2D eigenvalue weighted by molar-refractivity contribution is 0.0595. The van der Waals surface area contributed by atoms with Crippen LogP contribution in [0.25, 0.3) is 0 Å². The van der Waals surface area contributed by atoms with Gasteiger partial charge in [-0.1, -0.05) is 12.1 Å². The van der Waals surface area contributed by atoms with Crippen molar-refractivity contribution in [2.75, 3.05) is 38.6 Å². The van der Waals surface area contributed by atoms with Crippen LogP contribution in [0.3, 0.4) is 0 Å². The lowest BCUT2D eigenvalue weighted by Crippen LogP contribution is -2.42. The van der Waals surface area contributed by atoms with Gasteiger partial charge in [0.2, 0.25) is 11.9 Å². The largest absolute Gasteiger partial charge is 0.477 e. The Labute approximate surface area is 293 Å². The molecule has 0 saturated heterocycles. The number of carbonyl (C=O) groups excluding carboxylic acids is 3. The number of carboxylic acids is 1. The summed E-state index contributed by atoms with van der Waals surface area (Å²) in [6.45, 7) is 3.08. The Kier molecular flexibility index (Phi) is 12.8. The number of carboxylic acid groups (broad SMARTS) is 1. The van der Waals surface area contributed by atoms with Gasteiger partial charge in [-0.2, -0.15) is 29.9 Å². The van der Waals surface area contributed by atoms with E-state index >= 15 is 0 Å². The molecule has 0 saturated carbocycles. The van der Waals surface area contributed by atoms with Crippen molar-refractivity contribution in [3.8, 4) is 12.0 Å². The molecule has 0 unspecified atom stereocenters. The Morgan fingerprint density at radius 1 is 0.784 bits per heavy atom. The van der Waals surface area contributed by atoms with Crippen LogP contribution in [0.15, 0.2) is 45.5 Å². The van der Waals surface area contributed by atoms with Crippen LogP contribution in [0, 0.1) is 13.8 Å². The molecule has 1 aromatic carbocycles. The van der Waals surface area contributed by atoms with E-state index in [2.05, 4.69) is 40.0 Å². The average Bonchev–Trinajstić information content (AvgIpc) is 3.59. The number of aryl methyl sites for hydroxylation is 2. The molecule has 3 aromatic heterocycles. The predicted octanol–water partition coefficient (Wildman–Crippen LogP) is 0.969. The molecule has 0 aliphatic heterocycles. The van der Waals surface area contributed by atoms with Crippen molar-refractivity contribution in [2.45, 2.75) is 23.6 Å². The van der Waals surface area contributed by atoms with Gasteiger partial charge in [0.15, 0.2) is 0 Å². The smallest absolute Gasteiger partial charge is 0.347 e. The highest BCUT2D eigenvalue weighted by atomic mass is 32.2. The summed E-state index contributed by atoms with van der Waals surface area (Å²) in [5.74, 6) is -2.09. The van der Waals surface area contributed by atoms with E-state index < -0.39 is 58.7 Å². The summed E-state index contributed by atoms with van der Waals surface area (Å²) in [6.07, 6.45) is 0. The van der Waals surface area contributed by atoms with Gasteiger partial charge in [-0.25, -0.2) is 45.5 Å². The minimum absolute atomic E-state index is 0.0314. The van der Waals surface area contributed by atoms with Crippen molar-refractivity contribution in [1.29, 1.82) is 0 Å².